The van der Waals surface area contributed by atoms with E-state index in [1.54, 1.807) is 0 Å². The minimum absolute atomic E-state index is 0.0396. The van der Waals surface area contributed by atoms with Crippen molar-refractivity contribution >= 4 is 5.78 Å². The third-order valence-electron chi connectivity index (χ3n) is 3.46. The molecule has 19 heavy (non-hydrogen) atoms. The largest absolute Gasteiger partial charge is 0.384 e. The Kier molecular flexibility index (Phi) is 5.51. The second kappa shape index (κ2) is 7.38. The third kappa shape index (κ3) is 4.42. The highest BCUT2D eigenvalue weighted by molar-refractivity contribution is 5.85. The molecule has 0 aliphatic carbocycles. The summed E-state index contributed by atoms with van der Waals surface area (Å²) in [7, 11) is 0. The summed E-state index contributed by atoms with van der Waals surface area (Å²) in [6, 6.07) is 9.94. The summed E-state index contributed by atoms with van der Waals surface area (Å²) < 4.78 is 5.22. The van der Waals surface area contributed by atoms with Crippen molar-refractivity contribution in [2.45, 2.75) is 25.5 Å². The summed E-state index contributed by atoms with van der Waals surface area (Å²) >= 11 is 0. The van der Waals surface area contributed by atoms with Gasteiger partial charge in [0, 0.05) is 32.2 Å². The quantitative estimate of drug-likeness (QED) is 0.808. The van der Waals surface area contributed by atoms with E-state index in [9.17, 15) is 9.90 Å². The van der Waals surface area contributed by atoms with Crippen LogP contribution in [0, 0.1) is 5.92 Å². The molecule has 4 nitrogen and oxygen atoms in total. The Hall–Kier alpha value is -1.23. The van der Waals surface area contributed by atoms with Crippen molar-refractivity contribution in [3.05, 3.63) is 35.9 Å². The van der Waals surface area contributed by atoms with Crippen LogP contribution in [0.1, 0.15) is 18.4 Å². The molecular weight excluding hydrogens is 242 g/mol. The first-order valence-electron chi connectivity index (χ1n) is 6.81. The molecule has 0 bridgehead atoms. The van der Waals surface area contributed by atoms with Gasteiger partial charge in [0.1, 0.15) is 6.10 Å². The molecule has 104 valence electrons. The monoisotopic (exact) mass is 263 g/mol. The lowest BCUT2D eigenvalue weighted by molar-refractivity contribution is -0.133. The highest BCUT2D eigenvalue weighted by Crippen LogP contribution is 2.17. The molecule has 2 rings (SSSR count). The minimum Gasteiger partial charge on any atom is -0.384 e. The smallest absolute Gasteiger partial charge is 0.165 e. The van der Waals surface area contributed by atoms with Gasteiger partial charge in [0.15, 0.2) is 5.78 Å². The lowest BCUT2D eigenvalue weighted by Crippen LogP contribution is -2.38. The maximum absolute atomic E-state index is 12.0. The van der Waals surface area contributed by atoms with Gasteiger partial charge in [-0.05, 0) is 18.4 Å². The highest BCUT2D eigenvalue weighted by atomic mass is 16.5. The van der Waals surface area contributed by atoms with Crippen molar-refractivity contribution in [1.29, 1.82) is 0 Å². The minimum atomic E-state index is -0.910. The van der Waals surface area contributed by atoms with E-state index >= 15 is 0 Å². The number of nitrogens with one attached hydrogen (secondary N) is 1. The second-order valence-corrected chi connectivity index (χ2v) is 4.92. The SMILES string of the molecule is O=C(C(O)CNCc1ccccc1)C1CCOCC1. The number of hydrogen-bond donors (Lipinski definition) is 2. The summed E-state index contributed by atoms with van der Waals surface area (Å²) in [6.07, 6.45) is 0.551. The first-order valence-corrected chi connectivity index (χ1v) is 6.81. The number of rotatable bonds is 6. The van der Waals surface area contributed by atoms with Gasteiger partial charge in [-0.15, -0.1) is 0 Å². The van der Waals surface area contributed by atoms with Gasteiger partial charge in [-0.2, -0.15) is 0 Å². The average Bonchev–Trinajstić information content (AvgIpc) is 2.48. The predicted octanol–water partition coefficient (Wildman–Crippen LogP) is 1.13. The molecule has 1 fully saturated rings. The topological polar surface area (TPSA) is 58.6 Å². The van der Waals surface area contributed by atoms with Crippen molar-refractivity contribution in [3.8, 4) is 0 Å². The van der Waals surface area contributed by atoms with Crippen LogP contribution in [0.15, 0.2) is 30.3 Å². The molecule has 0 amide bonds. The molecule has 4 heteroatoms. The summed E-state index contributed by atoms with van der Waals surface area (Å²) in [5, 5.41) is 13.0. The van der Waals surface area contributed by atoms with Gasteiger partial charge in [-0.3, -0.25) is 4.79 Å². The molecule has 0 aromatic heterocycles. The predicted molar refractivity (Wildman–Crippen MR) is 72.7 cm³/mol. The second-order valence-electron chi connectivity index (χ2n) is 4.92. The molecule has 1 unspecified atom stereocenters. The summed E-state index contributed by atoms with van der Waals surface area (Å²) in [6.45, 7) is 2.23. The maximum Gasteiger partial charge on any atom is 0.165 e. The Morgan fingerprint density at radius 3 is 2.68 bits per heavy atom. The molecule has 1 aromatic carbocycles. The Labute approximate surface area is 113 Å². The molecule has 0 radical (unpaired) electrons. The molecule has 1 aromatic rings. The van der Waals surface area contributed by atoms with Crippen molar-refractivity contribution < 1.29 is 14.6 Å². The van der Waals surface area contributed by atoms with Crippen molar-refractivity contribution in [2.24, 2.45) is 5.92 Å². The fourth-order valence-corrected chi connectivity index (χ4v) is 2.30. The number of benzene rings is 1. The number of hydrogen-bond acceptors (Lipinski definition) is 4. The van der Waals surface area contributed by atoms with Crippen LogP contribution in [0.25, 0.3) is 0 Å². The first-order chi connectivity index (χ1) is 9.27. The molecule has 1 aliphatic rings. The van der Waals surface area contributed by atoms with Crippen LogP contribution >= 0.6 is 0 Å². The molecule has 0 spiro atoms. The normalized spacial score (nSPS) is 18.2. The van der Waals surface area contributed by atoms with E-state index in [1.165, 1.54) is 0 Å². The van der Waals surface area contributed by atoms with Gasteiger partial charge >= 0.3 is 0 Å². The van der Waals surface area contributed by atoms with E-state index in [1.807, 2.05) is 30.3 Å². The summed E-state index contributed by atoms with van der Waals surface area (Å²) in [5.74, 6) is -0.0915. The number of aliphatic hydroxyl groups is 1. The van der Waals surface area contributed by atoms with E-state index in [0.29, 0.717) is 26.3 Å². The summed E-state index contributed by atoms with van der Waals surface area (Å²) in [4.78, 5) is 12.0. The average molecular weight is 263 g/mol. The van der Waals surface area contributed by atoms with Crippen molar-refractivity contribution in [3.63, 3.8) is 0 Å². The van der Waals surface area contributed by atoms with Gasteiger partial charge in [0.2, 0.25) is 0 Å². The lowest BCUT2D eigenvalue weighted by Gasteiger charge is -2.23. The molecule has 0 saturated carbocycles. The first kappa shape index (κ1) is 14.2. The fourth-order valence-electron chi connectivity index (χ4n) is 2.30. The lowest BCUT2D eigenvalue weighted by atomic mass is 9.92. The van der Waals surface area contributed by atoms with E-state index in [0.717, 1.165) is 18.4 Å². The molecule has 2 N–H and O–H groups in total. The Morgan fingerprint density at radius 2 is 2.00 bits per heavy atom. The van der Waals surface area contributed by atoms with Gasteiger partial charge < -0.3 is 15.2 Å². The molecule has 1 atom stereocenters. The zero-order chi connectivity index (χ0) is 13.5. The van der Waals surface area contributed by atoms with Gasteiger partial charge in [0.05, 0.1) is 0 Å². The maximum atomic E-state index is 12.0. The van der Waals surface area contributed by atoms with Crippen LogP contribution in [0.2, 0.25) is 0 Å². The van der Waals surface area contributed by atoms with Crippen LogP contribution in [-0.2, 0) is 16.1 Å². The molecule has 1 saturated heterocycles. The number of ether oxygens (including phenoxy) is 1. The van der Waals surface area contributed by atoms with Gasteiger partial charge in [-0.1, -0.05) is 30.3 Å². The highest BCUT2D eigenvalue weighted by Gasteiger charge is 2.26. The van der Waals surface area contributed by atoms with Crippen LogP contribution in [0.5, 0.6) is 0 Å². The van der Waals surface area contributed by atoms with E-state index in [2.05, 4.69) is 5.32 Å². The van der Waals surface area contributed by atoms with E-state index < -0.39 is 6.10 Å². The van der Waals surface area contributed by atoms with Crippen LogP contribution < -0.4 is 5.32 Å². The van der Waals surface area contributed by atoms with Gasteiger partial charge in [-0.25, -0.2) is 0 Å². The number of carbonyl (C=O) groups excluding carboxylic acids is 1. The Bertz CT molecular complexity index is 388. The van der Waals surface area contributed by atoms with Crippen molar-refractivity contribution in [1.82, 2.24) is 5.32 Å². The fraction of sp³-hybridized carbons (Fsp3) is 0.533. The number of carbonyl (C=O) groups is 1. The van der Waals surface area contributed by atoms with Crippen LogP contribution in [0.3, 0.4) is 0 Å². The Morgan fingerprint density at radius 1 is 1.32 bits per heavy atom. The van der Waals surface area contributed by atoms with Crippen LogP contribution in [-0.4, -0.2) is 36.8 Å². The zero-order valence-electron chi connectivity index (χ0n) is 11.0. The standard InChI is InChI=1S/C15H21NO3/c17-14(15(18)13-6-8-19-9-7-13)11-16-10-12-4-2-1-3-5-12/h1-5,13-14,16-17H,6-11H2. The van der Waals surface area contributed by atoms with Gasteiger partial charge in [0.25, 0.3) is 0 Å². The molecular formula is C15H21NO3. The Balaban J connectivity index is 1.71. The van der Waals surface area contributed by atoms with E-state index in [4.69, 9.17) is 4.74 Å². The van der Waals surface area contributed by atoms with E-state index in [-0.39, 0.29) is 11.7 Å². The number of Topliss-reactive ketones (excluding diaryl/α,β-unsaturated/α-hetero) is 1. The zero-order valence-corrected chi connectivity index (χ0v) is 11.0. The number of aliphatic hydroxyl groups excluding tert-OH is 1. The molecule has 1 heterocycles. The van der Waals surface area contributed by atoms with Crippen LogP contribution in [0.4, 0.5) is 0 Å². The number of ketones is 1. The third-order valence-corrected chi connectivity index (χ3v) is 3.46. The van der Waals surface area contributed by atoms with Crippen molar-refractivity contribution in [2.75, 3.05) is 19.8 Å². The molecule has 1 aliphatic heterocycles. The summed E-state index contributed by atoms with van der Waals surface area (Å²) in [5.41, 5.74) is 1.15.